The normalized spacial score (nSPS) is 14.9. The minimum absolute atomic E-state index is 0.124. The van der Waals surface area contributed by atoms with Crippen molar-refractivity contribution in [2.45, 2.75) is 12.5 Å². The Bertz CT molecular complexity index is 282. The first-order valence-corrected chi connectivity index (χ1v) is 4.75. The minimum Gasteiger partial charge on any atom is -0.384 e. The van der Waals surface area contributed by atoms with Gasteiger partial charge in [0, 0.05) is 0 Å². The van der Waals surface area contributed by atoms with Crippen LogP contribution < -0.4 is 11.1 Å². The average Bonchev–Trinajstić information content (AvgIpc) is 2.53. The van der Waals surface area contributed by atoms with Crippen LogP contribution in [0.5, 0.6) is 0 Å². The number of amides is 2. The third kappa shape index (κ3) is 2.71. The second kappa shape index (κ2) is 3.76. The molecule has 2 amide bonds. The van der Waals surface area contributed by atoms with E-state index in [0.717, 1.165) is 5.56 Å². The lowest BCUT2D eigenvalue weighted by atomic mass is 10.00. The number of hydrogen-bond donors (Lipinski definition) is 3. The van der Waals surface area contributed by atoms with Gasteiger partial charge in [0.25, 0.3) is 0 Å². The summed E-state index contributed by atoms with van der Waals surface area (Å²) in [6, 6.07) is 1.18. The Morgan fingerprint density at radius 1 is 1.85 bits per heavy atom. The van der Waals surface area contributed by atoms with Gasteiger partial charge in [0.15, 0.2) is 0 Å². The highest BCUT2D eigenvalue weighted by Crippen LogP contribution is 2.21. The molecule has 1 aromatic heterocycles. The van der Waals surface area contributed by atoms with Crippen LogP contribution in [-0.4, -0.2) is 17.7 Å². The molecule has 1 rings (SSSR count). The molecule has 13 heavy (non-hydrogen) atoms. The molecule has 0 bridgehead atoms. The monoisotopic (exact) mass is 200 g/mol. The predicted molar refractivity (Wildman–Crippen MR) is 51.5 cm³/mol. The molecular formula is C8H12N2O2S. The Hall–Kier alpha value is -1.07. The topological polar surface area (TPSA) is 75.3 Å². The molecule has 4 nitrogen and oxygen atoms in total. The summed E-state index contributed by atoms with van der Waals surface area (Å²) < 4.78 is 0. The van der Waals surface area contributed by atoms with E-state index in [1.165, 1.54) is 11.3 Å². The van der Waals surface area contributed by atoms with Crippen LogP contribution in [0, 0.1) is 0 Å². The largest absolute Gasteiger partial charge is 0.384 e. The lowest BCUT2D eigenvalue weighted by Crippen LogP contribution is -2.40. The Balaban J connectivity index is 2.61. The number of aliphatic hydroxyl groups is 1. The molecule has 1 heterocycles. The van der Waals surface area contributed by atoms with E-state index >= 15 is 0 Å². The number of carbonyl (C=O) groups is 1. The van der Waals surface area contributed by atoms with Crippen LogP contribution in [0.2, 0.25) is 0 Å². The van der Waals surface area contributed by atoms with Gasteiger partial charge in [0.2, 0.25) is 0 Å². The van der Waals surface area contributed by atoms with Crippen molar-refractivity contribution in [1.29, 1.82) is 0 Å². The first-order chi connectivity index (χ1) is 6.02. The fourth-order valence-electron chi connectivity index (χ4n) is 0.932. The molecule has 72 valence electrons. The van der Waals surface area contributed by atoms with Gasteiger partial charge in [-0.05, 0) is 29.3 Å². The highest BCUT2D eigenvalue weighted by Gasteiger charge is 2.23. The fraction of sp³-hybridized carbons (Fsp3) is 0.375. The van der Waals surface area contributed by atoms with Crippen molar-refractivity contribution in [1.82, 2.24) is 5.32 Å². The van der Waals surface area contributed by atoms with E-state index < -0.39 is 11.6 Å². The molecule has 0 spiro atoms. The van der Waals surface area contributed by atoms with Crippen LogP contribution in [0.15, 0.2) is 16.8 Å². The first kappa shape index (κ1) is 10.0. The quantitative estimate of drug-likeness (QED) is 0.669. The number of nitrogens with two attached hydrogens (primary N) is 1. The van der Waals surface area contributed by atoms with E-state index in [2.05, 4.69) is 5.32 Å². The molecule has 5 heteroatoms. The van der Waals surface area contributed by atoms with E-state index in [9.17, 15) is 9.90 Å². The predicted octanol–water partition coefficient (Wildman–Crippen LogP) is 0.624. The van der Waals surface area contributed by atoms with Gasteiger partial charge in [0.1, 0.15) is 5.60 Å². The van der Waals surface area contributed by atoms with Gasteiger partial charge >= 0.3 is 6.03 Å². The number of urea groups is 1. The molecule has 4 N–H and O–H groups in total. The molecule has 1 aromatic rings. The smallest absolute Gasteiger partial charge is 0.312 e. The minimum atomic E-state index is -1.05. The molecule has 0 aliphatic heterocycles. The fourth-order valence-corrected chi connectivity index (χ4v) is 1.72. The molecule has 0 aliphatic rings. The number of hydrogen-bond acceptors (Lipinski definition) is 3. The lowest BCUT2D eigenvalue weighted by molar-refractivity contribution is 0.0602. The maximum Gasteiger partial charge on any atom is 0.312 e. The summed E-state index contributed by atoms with van der Waals surface area (Å²) in [6.45, 7) is 1.75. The number of nitrogens with one attached hydrogen (secondary N) is 1. The average molecular weight is 200 g/mol. The van der Waals surface area contributed by atoms with Crippen molar-refractivity contribution in [3.63, 3.8) is 0 Å². The SMILES string of the molecule is CC(O)(CNC(N)=O)c1ccsc1. The number of rotatable bonds is 3. The summed E-state index contributed by atoms with van der Waals surface area (Å²) in [5.41, 5.74) is 4.63. The molecule has 0 radical (unpaired) electrons. The highest BCUT2D eigenvalue weighted by molar-refractivity contribution is 7.08. The van der Waals surface area contributed by atoms with Crippen LogP contribution in [0.3, 0.4) is 0 Å². The molecule has 1 unspecified atom stereocenters. The van der Waals surface area contributed by atoms with E-state index in [4.69, 9.17) is 5.73 Å². The van der Waals surface area contributed by atoms with Crippen LogP contribution in [0.1, 0.15) is 12.5 Å². The molecule has 0 saturated carbocycles. The van der Waals surface area contributed by atoms with Gasteiger partial charge in [-0.2, -0.15) is 11.3 Å². The van der Waals surface area contributed by atoms with E-state index in [1.54, 1.807) is 6.92 Å². The van der Waals surface area contributed by atoms with Crippen LogP contribution in [0.4, 0.5) is 4.79 Å². The second-order valence-corrected chi connectivity index (χ2v) is 3.78. The third-order valence-corrected chi connectivity index (χ3v) is 2.43. The van der Waals surface area contributed by atoms with E-state index in [0.29, 0.717) is 0 Å². The van der Waals surface area contributed by atoms with Crippen LogP contribution >= 0.6 is 11.3 Å². The van der Waals surface area contributed by atoms with Gasteiger partial charge in [-0.1, -0.05) is 0 Å². The summed E-state index contributed by atoms with van der Waals surface area (Å²) in [6.07, 6.45) is 0. The van der Waals surface area contributed by atoms with Gasteiger partial charge < -0.3 is 16.2 Å². The van der Waals surface area contributed by atoms with Gasteiger partial charge in [-0.15, -0.1) is 0 Å². The lowest BCUT2D eigenvalue weighted by Gasteiger charge is -2.21. The van der Waals surface area contributed by atoms with Gasteiger partial charge in [-0.25, -0.2) is 4.79 Å². The number of carbonyl (C=O) groups excluding carboxylic acids is 1. The maximum absolute atomic E-state index is 10.4. The van der Waals surface area contributed by atoms with Crippen molar-refractivity contribution in [2.24, 2.45) is 5.73 Å². The van der Waals surface area contributed by atoms with Crippen molar-refractivity contribution in [3.05, 3.63) is 22.4 Å². The van der Waals surface area contributed by atoms with Crippen molar-refractivity contribution in [2.75, 3.05) is 6.54 Å². The van der Waals surface area contributed by atoms with E-state index in [1.807, 2.05) is 16.8 Å². The Kier molecular flexibility index (Phi) is 2.90. The molecule has 0 saturated heterocycles. The number of primary amides is 1. The zero-order valence-electron chi connectivity index (χ0n) is 7.28. The second-order valence-electron chi connectivity index (χ2n) is 3.00. The van der Waals surface area contributed by atoms with Crippen molar-refractivity contribution < 1.29 is 9.90 Å². The van der Waals surface area contributed by atoms with Gasteiger partial charge in [0.05, 0.1) is 6.54 Å². The zero-order valence-corrected chi connectivity index (χ0v) is 8.10. The first-order valence-electron chi connectivity index (χ1n) is 3.81. The number of thiophene rings is 1. The summed E-state index contributed by atoms with van der Waals surface area (Å²) >= 11 is 1.50. The maximum atomic E-state index is 10.4. The molecule has 0 fully saturated rings. The third-order valence-electron chi connectivity index (χ3n) is 1.75. The highest BCUT2D eigenvalue weighted by atomic mass is 32.1. The summed E-state index contributed by atoms with van der Waals surface area (Å²) in [5.74, 6) is 0. The van der Waals surface area contributed by atoms with Crippen LogP contribution in [0.25, 0.3) is 0 Å². The standard InChI is InChI=1S/C8H12N2O2S/c1-8(12,5-10-7(9)11)6-2-3-13-4-6/h2-4,12H,5H2,1H3,(H3,9,10,11). The summed E-state index contributed by atoms with van der Waals surface area (Å²) in [5, 5.41) is 15.9. The van der Waals surface area contributed by atoms with Crippen LogP contribution in [-0.2, 0) is 5.60 Å². The van der Waals surface area contributed by atoms with Crippen molar-refractivity contribution >= 4 is 17.4 Å². The summed E-state index contributed by atoms with van der Waals surface area (Å²) in [7, 11) is 0. The molecular weight excluding hydrogens is 188 g/mol. The summed E-state index contributed by atoms with van der Waals surface area (Å²) in [4.78, 5) is 10.4. The van der Waals surface area contributed by atoms with Gasteiger partial charge in [-0.3, -0.25) is 0 Å². The Morgan fingerprint density at radius 3 is 3.00 bits per heavy atom. The zero-order chi connectivity index (χ0) is 9.90. The van der Waals surface area contributed by atoms with Crippen molar-refractivity contribution in [3.8, 4) is 0 Å². The molecule has 0 aromatic carbocycles. The molecule has 1 atom stereocenters. The molecule has 0 aliphatic carbocycles. The Morgan fingerprint density at radius 2 is 2.54 bits per heavy atom. The van der Waals surface area contributed by atoms with E-state index in [-0.39, 0.29) is 6.54 Å². The Labute approximate surface area is 80.4 Å².